The van der Waals surface area contributed by atoms with Crippen molar-refractivity contribution in [3.63, 3.8) is 0 Å². The summed E-state index contributed by atoms with van der Waals surface area (Å²) in [6, 6.07) is 0. The molecule has 1 aromatic heterocycles. The number of aromatic nitrogens is 2. The molecule has 3 heterocycles. The Kier molecular flexibility index (Phi) is 3.66. The highest BCUT2D eigenvalue weighted by molar-refractivity contribution is 7.99. The molecule has 2 atom stereocenters. The van der Waals surface area contributed by atoms with Gasteiger partial charge in [0.05, 0.1) is 11.1 Å². The van der Waals surface area contributed by atoms with Crippen LogP contribution in [0.3, 0.4) is 0 Å². The Morgan fingerprint density at radius 2 is 2.17 bits per heavy atom. The van der Waals surface area contributed by atoms with Crippen molar-refractivity contribution < 1.29 is 0 Å². The van der Waals surface area contributed by atoms with Gasteiger partial charge in [0.15, 0.2) is 0 Å². The first-order chi connectivity index (χ1) is 8.77. The number of nitrogens with one attached hydrogen (secondary N) is 1. The summed E-state index contributed by atoms with van der Waals surface area (Å²) in [5.41, 5.74) is 4.20. The van der Waals surface area contributed by atoms with Gasteiger partial charge in [-0.3, -0.25) is 4.68 Å². The largest absolute Gasteiger partial charge is 0.316 e. The van der Waals surface area contributed by atoms with Gasteiger partial charge in [-0.2, -0.15) is 5.10 Å². The van der Waals surface area contributed by atoms with Crippen molar-refractivity contribution in [2.75, 3.05) is 18.8 Å². The highest BCUT2D eigenvalue weighted by atomic mass is 32.2. The van der Waals surface area contributed by atoms with Gasteiger partial charge >= 0.3 is 0 Å². The summed E-state index contributed by atoms with van der Waals surface area (Å²) in [7, 11) is 0. The van der Waals surface area contributed by atoms with Crippen molar-refractivity contribution in [1.82, 2.24) is 15.1 Å². The van der Waals surface area contributed by atoms with Gasteiger partial charge in [0, 0.05) is 23.7 Å². The standard InChI is InChI=1S/C14H23N3S/c1-10-14(12-5-3-7-15-9-12)11(2)17(16-10)13-6-4-8-18-13/h12-13,15H,3-9H2,1-2H3. The quantitative estimate of drug-likeness (QED) is 0.891. The highest BCUT2D eigenvalue weighted by Gasteiger charge is 2.26. The lowest BCUT2D eigenvalue weighted by Gasteiger charge is -2.23. The zero-order valence-corrected chi connectivity index (χ0v) is 12.2. The molecule has 2 fully saturated rings. The van der Waals surface area contributed by atoms with Gasteiger partial charge in [0.2, 0.25) is 0 Å². The highest BCUT2D eigenvalue weighted by Crippen LogP contribution is 2.38. The van der Waals surface area contributed by atoms with Crippen molar-refractivity contribution in [2.24, 2.45) is 0 Å². The lowest BCUT2D eigenvalue weighted by molar-refractivity contribution is 0.458. The van der Waals surface area contributed by atoms with Crippen LogP contribution in [0.4, 0.5) is 0 Å². The molecule has 3 rings (SSSR count). The van der Waals surface area contributed by atoms with E-state index >= 15 is 0 Å². The Morgan fingerprint density at radius 3 is 2.83 bits per heavy atom. The number of nitrogens with zero attached hydrogens (tertiary/aromatic N) is 2. The van der Waals surface area contributed by atoms with Gasteiger partial charge in [0.1, 0.15) is 0 Å². The predicted octanol–water partition coefficient (Wildman–Crippen LogP) is 2.99. The second-order valence-corrected chi connectivity index (χ2v) is 6.83. The number of rotatable bonds is 2. The molecule has 2 aliphatic rings. The van der Waals surface area contributed by atoms with Crippen LogP contribution in [0.15, 0.2) is 0 Å². The third kappa shape index (κ3) is 2.21. The van der Waals surface area contributed by atoms with E-state index in [1.165, 1.54) is 54.9 Å². The summed E-state index contributed by atoms with van der Waals surface area (Å²) in [6.45, 7) is 6.77. The Balaban J connectivity index is 1.89. The van der Waals surface area contributed by atoms with E-state index in [-0.39, 0.29) is 0 Å². The van der Waals surface area contributed by atoms with Crippen LogP contribution < -0.4 is 5.32 Å². The molecular formula is C14H23N3S. The van der Waals surface area contributed by atoms with Crippen LogP contribution in [-0.2, 0) is 0 Å². The maximum atomic E-state index is 4.84. The van der Waals surface area contributed by atoms with Crippen LogP contribution >= 0.6 is 11.8 Å². The van der Waals surface area contributed by atoms with Gasteiger partial charge in [-0.25, -0.2) is 0 Å². The Hall–Kier alpha value is -0.480. The minimum absolute atomic E-state index is 0.592. The minimum Gasteiger partial charge on any atom is -0.316 e. The SMILES string of the molecule is Cc1nn(C2CCCS2)c(C)c1C1CCCNC1. The molecule has 1 aromatic rings. The average molecular weight is 265 g/mol. The lowest BCUT2D eigenvalue weighted by Crippen LogP contribution is -2.29. The van der Waals surface area contributed by atoms with Crippen molar-refractivity contribution in [1.29, 1.82) is 0 Å². The molecule has 0 radical (unpaired) electrons. The van der Waals surface area contributed by atoms with E-state index in [0.717, 1.165) is 6.54 Å². The smallest absolute Gasteiger partial charge is 0.0974 e. The molecule has 0 aliphatic carbocycles. The molecular weight excluding hydrogens is 242 g/mol. The van der Waals surface area contributed by atoms with Gasteiger partial charge < -0.3 is 5.32 Å². The first kappa shape index (κ1) is 12.5. The van der Waals surface area contributed by atoms with Gasteiger partial charge in [-0.15, -0.1) is 11.8 Å². The summed E-state index contributed by atoms with van der Waals surface area (Å²) in [6.07, 6.45) is 5.24. The molecule has 2 aliphatic heterocycles. The number of hydrogen-bond acceptors (Lipinski definition) is 3. The van der Waals surface area contributed by atoms with Crippen molar-refractivity contribution in [2.45, 2.75) is 50.8 Å². The monoisotopic (exact) mass is 265 g/mol. The predicted molar refractivity (Wildman–Crippen MR) is 77.3 cm³/mol. The number of aryl methyl sites for hydroxylation is 1. The Labute approximate surface area is 114 Å². The number of hydrogen-bond donors (Lipinski definition) is 1. The van der Waals surface area contributed by atoms with E-state index in [1.807, 2.05) is 0 Å². The minimum atomic E-state index is 0.592. The lowest BCUT2D eigenvalue weighted by atomic mass is 9.90. The van der Waals surface area contributed by atoms with Crippen LogP contribution in [0.1, 0.15) is 53.9 Å². The van der Waals surface area contributed by atoms with Crippen molar-refractivity contribution >= 4 is 11.8 Å². The first-order valence-corrected chi connectivity index (χ1v) is 8.20. The van der Waals surface area contributed by atoms with Gasteiger partial charge in [-0.1, -0.05) is 0 Å². The van der Waals surface area contributed by atoms with E-state index in [0.29, 0.717) is 11.3 Å². The molecule has 0 saturated carbocycles. The van der Waals surface area contributed by atoms with Gasteiger partial charge in [-0.05, 0) is 51.8 Å². The van der Waals surface area contributed by atoms with E-state index in [1.54, 1.807) is 0 Å². The van der Waals surface area contributed by atoms with Gasteiger partial charge in [0.25, 0.3) is 0 Å². The van der Waals surface area contributed by atoms with Crippen LogP contribution in [-0.4, -0.2) is 28.6 Å². The van der Waals surface area contributed by atoms with Crippen LogP contribution in [0, 0.1) is 13.8 Å². The normalized spacial score (nSPS) is 28.8. The number of piperidine rings is 1. The number of thioether (sulfide) groups is 1. The Morgan fingerprint density at radius 1 is 1.28 bits per heavy atom. The van der Waals surface area contributed by atoms with E-state index in [2.05, 4.69) is 35.6 Å². The molecule has 0 aromatic carbocycles. The molecule has 18 heavy (non-hydrogen) atoms. The first-order valence-electron chi connectivity index (χ1n) is 7.15. The van der Waals surface area contributed by atoms with Crippen molar-refractivity contribution in [3.8, 4) is 0 Å². The summed E-state index contributed by atoms with van der Waals surface area (Å²) in [5.74, 6) is 1.97. The zero-order chi connectivity index (χ0) is 12.5. The third-order valence-electron chi connectivity index (χ3n) is 4.26. The summed E-state index contributed by atoms with van der Waals surface area (Å²) < 4.78 is 2.30. The van der Waals surface area contributed by atoms with Crippen LogP contribution in [0.2, 0.25) is 0 Å². The van der Waals surface area contributed by atoms with Crippen LogP contribution in [0.25, 0.3) is 0 Å². The third-order valence-corrected chi connectivity index (χ3v) is 5.61. The summed E-state index contributed by atoms with van der Waals surface area (Å²) >= 11 is 2.06. The maximum absolute atomic E-state index is 4.84. The average Bonchev–Trinajstić information content (AvgIpc) is 2.99. The maximum Gasteiger partial charge on any atom is 0.0974 e. The van der Waals surface area contributed by atoms with E-state index in [9.17, 15) is 0 Å². The second-order valence-electron chi connectivity index (χ2n) is 5.54. The molecule has 4 heteroatoms. The molecule has 1 N–H and O–H groups in total. The molecule has 0 spiro atoms. The van der Waals surface area contributed by atoms with E-state index < -0.39 is 0 Å². The molecule has 0 amide bonds. The Bertz CT molecular complexity index is 415. The molecule has 2 saturated heterocycles. The molecule has 100 valence electrons. The topological polar surface area (TPSA) is 29.9 Å². The van der Waals surface area contributed by atoms with E-state index in [4.69, 9.17) is 5.10 Å². The second kappa shape index (κ2) is 5.25. The molecule has 0 bridgehead atoms. The molecule has 2 unspecified atom stereocenters. The summed E-state index contributed by atoms with van der Waals surface area (Å²) in [5, 5.41) is 8.95. The fourth-order valence-corrected chi connectivity index (χ4v) is 4.68. The molecule has 3 nitrogen and oxygen atoms in total. The van der Waals surface area contributed by atoms with Crippen molar-refractivity contribution in [3.05, 3.63) is 17.0 Å². The fourth-order valence-electron chi connectivity index (χ4n) is 3.40. The summed E-state index contributed by atoms with van der Waals surface area (Å²) in [4.78, 5) is 0. The zero-order valence-electron chi connectivity index (χ0n) is 11.4. The van der Waals surface area contributed by atoms with Crippen LogP contribution in [0.5, 0.6) is 0 Å². The fraction of sp³-hybridized carbons (Fsp3) is 0.786.